The quantitative estimate of drug-likeness (QED) is 0.746. The summed E-state index contributed by atoms with van der Waals surface area (Å²) in [7, 11) is 0. The Labute approximate surface area is 153 Å². The molecular formula is C17H17ClF3N3O2. The molecule has 0 unspecified atom stereocenters. The third kappa shape index (κ3) is 4.32. The maximum Gasteiger partial charge on any atom is 0.418 e. The molecular weight excluding hydrogens is 371 g/mol. The van der Waals surface area contributed by atoms with Crippen molar-refractivity contribution in [2.45, 2.75) is 19.6 Å². The monoisotopic (exact) mass is 387 g/mol. The summed E-state index contributed by atoms with van der Waals surface area (Å²) in [5, 5.41) is 0.296. The minimum absolute atomic E-state index is 0.0198. The number of hydrogen-bond donors (Lipinski definition) is 2. The zero-order valence-electron chi connectivity index (χ0n) is 13.8. The average molecular weight is 388 g/mol. The lowest BCUT2D eigenvalue weighted by Crippen LogP contribution is -2.33. The molecule has 2 aromatic rings. The van der Waals surface area contributed by atoms with Crippen LogP contribution in [-0.2, 0) is 17.5 Å². The van der Waals surface area contributed by atoms with E-state index in [1.807, 2.05) is 0 Å². The maximum absolute atomic E-state index is 13.5. The molecule has 0 aromatic heterocycles. The van der Waals surface area contributed by atoms with Crippen molar-refractivity contribution in [1.29, 1.82) is 0 Å². The van der Waals surface area contributed by atoms with E-state index >= 15 is 0 Å². The first kappa shape index (κ1) is 19.7. The van der Waals surface area contributed by atoms with Gasteiger partial charge in [-0.15, -0.1) is 0 Å². The van der Waals surface area contributed by atoms with E-state index in [-0.39, 0.29) is 24.5 Å². The molecule has 0 aliphatic carbocycles. The Morgan fingerprint density at radius 3 is 2.46 bits per heavy atom. The van der Waals surface area contributed by atoms with Gasteiger partial charge in [-0.2, -0.15) is 13.2 Å². The molecule has 2 aromatic carbocycles. The number of amides is 1. The molecule has 140 valence electrons. The number of nitrogens with two attached hydrogens (primary N) is 2. The van der Waals surface area contributed by atoms with Crippen molar-refractivity contribution < 1.29 is 22.7 Å². The summed E-state index contributed by atoms with van der Waals surface area (Å²) >= 11 is 6.08. The summed E-state index contributed by atoms with van der Waals surface area (Å²) < 4.78 is 45.5. The zero-order chi connectivity index (χ0) is 19.5. The molecule has 0 radical (unpaired) electrons. The number of rotatable bonds is 4. The van der Waals surface area contributed by atoms with Gasteiger partial charge in [0.1, 0.15) is 0 Å². The number of benzene rings is 2. The van der Waals surface area contributed by atoms with Gasteiger partial charge in [-0.25, -0.2) is 4.79 Å². The smallest absolute Gasteiger partial charge is 0.418 e. The second-order valence-electron chi connectivity index (χ2n) is 5.38. The normalized spacial score (nSPS) is 11.3. The van der Waals surface area contributed by atoms with Crippen LogP contribution in [0.2, 0.25) is 5.02 Å². The summed E-state index contributed by atoms with van der Waals surface area (Å²) in [6, 6.07) is 8.36. The Bertz CT molecular complexity index is 812. The van der Waals surface area contributed by atoms with E-state index in [9.17, 15) is 18.0 Å². The zero-order valence-corrected chi connectivity index (χ0v) is 14.6. The number of anilines is 3. The number of carbonyl (C=O) groups excluding carboxylic acids is 1. The average Bonchev–Trinajstić information content (AvgIpc) is 2.53. The fourth-order valence-electron chi connectivity index (χ4n) is 2.43. The first-order valence-corrected chi connectivity index (χ1v) is 7.96. The number of ether oxygens (including phenoxy) is 1. The Morgan fingerprint density at radius 1 is 1.23 bits per heavy atom. The highest BCUT2D eigenvalue weighted by molar-refractivity contribution is 6.31. The molecule has 0 aliphatic heterocycles. The summed E-state index contributed by atoms with van der Waals surface area (Å²) in [6.07, 6.45) is -5.75. The molecule has 0 saturated carbocycles. The number of carbonyl (C=O) groups is 1. The van der Waals surface area contributed by atoms with Crippen LogP contribution < -0.4 is 16.4 Å². The van der Waals surface area contributed by atoms with Crippen LogP contribution in [0.1, 0.15) is 18.1 Å². The molecule has 4 N–H and O–H groups in total. The topological polar surface area (TPSA) is 81.6 Å². The van der Waals surface area contributed by atoms with Gasteiger partial charge in [-0.05, 0) is 30.7 Å². The largest absolute Gasteiger partial charge is 0.449 e. The molecule has 0 bridgehead atoms. The third-order valence-electron chi connectivity index (χ3n) is 3.51. The minimum atomic E-state index is -4.77. The number of nitrogens with zero attached hydrogens (tertiary/aromatic N) is 1. The Balaban J connectivity index is 2.63. The molecule has 0 saturated heterocycles. The molecule has 0 spiro atoms. The van der Waals surface area contributed by atoms with Crippen LogP contribution in [0.25, 0.3) is 0 Å². The molecule has 5 nitrogen and oxygen atoms in total. The van der Waals surface area contributed by atoms with Crippen molar-refractivity contribution in [2.24, 2.45) is 0 Å². The minimum Gasteiger partial charge on any atom is -0.449 e. The van der Waals surface area contributed by atoms with E-state index in [1.165, 1.54) is 0 Å². The van der Waals surface area contributed by atoms with Crippen LogP contribution in [0.15, 0.2) is 36.4 Å². The third-order valence-corrected chi connectivity index (χ3v) is 3.88. The number of nitrogen functional groups attached to an aromatic ring is 2. The molecule has 0 atom stereocenters. The highest BCUT2D eigenvalue weighted by Crippen LogP contribution is 2.42. The molecule has 0 fully saturated rings. The van der Waals surface area contributed by atoms with Crippen LogP contribution >= 0.6 is 11.6 Å². The number of halogens is 4. The fourth-order valence-corrected chi connectivity index (χ4v) is 2.63. The van der Waals surface area contributed by atoms with Gasteiger partial charge in [0.2, 0.25) is 0 Å². The van der Waals surface area contributed by atoms with E-state index in [1.54, 1.807) is 31.2 Å². The van der Waals surface area contributed by atoms with E-state index in [0.29, 0.717) is 10.6 Å². The van der Waals surface area contributed by atoms with Crippen molar-refractivity contribution >= 4 is 34.8 Å². The second-order valence-corrected chi connectivity index (χ2v) is 5.79. The number of hydrogen-bond acceptors (Lipinski definition) is 4. The maximum atomic E-state index is 13.5. The lowest BCUT2D eigenvalue weighted by Gasteiger charge is -2.27. The lowest BCUT2D eigenvalue weighted by atomic mass is 10.1. The van der Waals surface area contributed by atoms with E-state index in [4.69, 9.17) is 27.8 Å². The van der Waals surface area contributed by atoms with Crippen molar-refractivity contribution in [3.8, 4) is 0 Å². The SMILES string of the molecule is CCOC(=O)N(Cc1ccccc1Cl)c1c(N)cc(N)cc1C(F)(F)F. The Hall–Kier alpha value is -2.61. The predicted octanol–water partition coefficient (Wildman–Crippen LogP) is 4.69. The molecule has 2 rings (SSSR count). The van der Waals surface area contributed by atoms with Gasteiger partial charge < -0.3 is 16.2 Å². The van der Waals surface area contributed by atoms with Crippen molar-refractivity contribution in [3.63, 3.8) is 0 Å². The first-order chi connectivity index (χ1) is 12.1. The summed E-state index contributed by atoms with van der Waals surface area (Å²) in [6.45, 7) is 1.27. The highest BCUT2D eigenvalue weighted by Gasteiger charge is 2.38. The number of alkyl halides is 3. The van der Waals surface area contributed by atoms with Crippen LogP contribution in [0.3, 0.4) is 0 Å². The van der Waals surface area contributed by atoms with Gasteiger partial charge in [-0.1, -0.05) is 29.8 Å². The van der Waals surface area contributed by atoms with Crippen molar-refractivity contribution in [3.05, 3.63) is 52.5 Å². The van der Waals surface area contributed by atoms with Crippen LogP contribution in [0.5, 0.6) is 0 Å². The molecule has 0 heterocycles. The molecule has 0 aliphatic rings. The van der Waals surface area contributed by atoms with Crippen LogP contribution in [-0.4, -0.2) is 12.7 Å². The van der Waals surface area contributed by atoms with Crippen LogP contribution in [0, 0.1) is 0 Å². The Morgan fingerprint density at radius 2 is 1.88 bits per heavy atom. The van der Waals surface area contributed by atoms with E-state index in [2.05, 4.69) is 0 Å². The van der Waals surface area contributed by atoms with Gasteiger partial charge in [0.05, 0.1) is 30.1 Å². The first-order valence-electron chi connectivity index (χ1n) is 7.59. The second kappa shape index (κ2) is 7.74. The van der Waals surface area contributed by atoms with Gasteiger partial charge in [0, 0.05) is 10.7 Å². The van der Waals surface area contributed by atoms with E-state index in [0.717, 1.165) is 17.0 Å². The van der Waals surface area contributed by atoms with E-state index < -0.39 is 23.5 Å². The molecule has 26 heavy (non-hydrogen) atoms. The van der Waals surface area contributed by atoms with Crippen molar-refractivity contribution in [2.75, 3.05) is 23.0 Å². The standard InChI is InChI=1S/C17H17ClF3N3O2/c1-2-26-16(25)24(9-10-5-3-4-6-13(10)18)15-12(17(19,20)21)7-11(22)8-14(15)23/h3-8H,2,9,22-23H2,1H3. The predicted molar refractivity (Wildman–Crippen MR) is 94.9 cm³/mol. The van der Waals surface area contributed by atoms with Gasteiger partial charge in [0.15, 0.2) is 0 Å². The molecule has 1 amide bonds. The Kier molecular flexibility index (Phi) is 5.86. The van der Waals surface area contributed by atoms with Gasteiger partial charge >= 0.3 is 12.3 Å². The fraction of sp³-hybridized carbons (Fsp3) is 0.235. The highest BCUT2D eigenvalue weighted by atomic mass is 35.5. The molecule has 9 heteroatoms. The van der Waals surface area contributed by atoms with Gasteiger partial charge in [0.25, 0.3) is 0 Å². The van der Waals surface area contributed by atoms with Crippen molar-refractivity contribution in [1.82, 2.24) is 0 Å². The summed E-state index contributed by atoms with van der Waals surface area (Å²) in [4.78, 5) is 13.2. The van der Waals surface area contributed by atoms with Crippen LogP contribution in [0.4, 0.5) is 35.0 Å². The lowest BCUT2D eigenvalue weighted by molar-refractivity contribution is -0.137. The summed E-state index contributed by atoms with van der Waals surface area (Å²) in [5.41, 5.74) is 9.61. The van der Waals surface area contributed by atoms with Gasteiger partial charge in [-0.3, -0.25) is 4.90 Å². The summed E-state index contributed by atoms with van der Waals surface area (Å²) in [5.74, 6) is 0.